The average Bonchev–Trinajstić information content (AvgIpc) is 2.69. The number of benzene rings is 1. The Bertz CT molecular complexity index is 655. The summed E-state index contributed by atoms with van der Waals surface area (Å²) in [5, 5.41) is 12.6. The summed E-state index contributed by atoms with van der Waals surface area (Å²) < 4.78 is 18.9. The van der Waals surface area contributed by atoms with E-state index < -0.39 is 29.4 Å². The van der Waals surface area contributed by atoms with Gasteiger partial charge in [0.05, 0.1) is 25.4 Å². The van der Waals surface area contributed by atoms with Gasteiger partial charge in [-0.1, -0.05) is 22.0 Å². The van der Waals surface area contributed by atoms with Gasteiger partial charge in [0, 0.05) is 10.0 Å². The van der Waals surface area contributed by atoms with Crippen molar-refractivity contribution in [2.45, 2.75) is 38.5 Å². The molecule has 1 aromatic rings. The van der Waals surface area contributed by atoms with Crippen LogP contribution in [0.25, 0.3) is 0 Å². The Balaban J connectivity index is 2.18. The predicted octanol–water partition coefficient (Wildman–Crippen LogP) is 2.14. The molecule has 2 N–H and O–H groups in total. The first kappa shape index (κ1) is 18.8. The van der Waals surface area contributed by atoms with Crippen molar-refractivity contribution in [3.05, 3.63) is 34.1 Å². The minimum absolute atomic E-state index is 0.0195. The molecule has 3 amide bonds. The van der Waals surface area contributed by atoms with Crippen LogP contribution in [0, 0.1) is 5.82 Å². The summed E-state index contributed by atoms with van der Waals surface area (Å²) >= 11 is 3.22. The Morgan fingerprint density at radius 2 is 2.08 bits per heavy atom. The largest absolute Gasteiger partial charge is 0.389 e. The van der Waals surface area contributed by atoms with Crippen molar-refractivity contribution in [2.24, 2.45) is 0 Å². The number of aliphatic hydroxyl groups is 1. The van der Waals surface area contributed by atoms with Gasteiger partial charge in [-0.15, -0.1) is 0 Å². The molecule has 0 aromatic heterocycles. The van der Waals surface area contributed by atoms with Crippen molar-refractivity contribution in [3.8, 4) is 0 Å². The number of amides is 3. The lowest BCUT2D eigenvalue weighted by Crippen LogP contribution is -2.43. The van der Waals surface area contributed by atoms with E-state index in [1.807, 2.05) is 13.8 Å². The third-order valence-corrected chi connectivity index (χ3v) is 4.42. The number of rotatable bonds is 6. The summed E-state index contributed by atoms with van der Waals surface area (Å²) in [6, 6.07) is 3.29. The molecule has 0 radical (unpaired) electrons. The Labute approximate surface area is 148 Å². The minimum Gasteiger partial charge on any atom is -0.389 e. The zero-order chi connectivity index (χ0) is 18.1. The number of hydrogen-bond donors (Lipinski definition) is 2. The molecule has 1 aliphatic rings. The Morgan fingerprint density at radius 3 is 2.67 bits per heavy atom. The molecule has 0 saturated carbocycles. The van der Waals surface area contributed by atoms with Crippen molar-refractivity contribution >= 4 is 27.9 Å². The zero-order valence-electron chi connectivity index (χ0n) is 13.7. The third-order valence-electron chi connectivity index (χ3n) is 3.76. The predicted molar refractivity (Wildman–Crippen MR) is 88.8 cm³/mol. The number of imide groups is 1. The quantitative estimate of drug-likeness (QED) is 0.714. The maximum absolute atomic E-state index is 13.3. The van der Waals surface area contributed by atoms with E-state index in [-0.39, 0.29) is 19.3 Å². The van der Waals surface area contributed by atoms with Crippen LogP contribution >= 0.6 is 15.9 Å². The number of hydrogen-bond acceptors (Lipinski definition) is 4. The highest BCUT2D eigenvalue weighted by Crippen LogP contribution is 2.34. The molecular formula is C16H20BrFN2O4. The van der Waals surface area contributed by atoms with Crippen LogP contribution in [0.15, 0.2) is 22.7 Å². The van der Waals surface area contributed by atoms with Gasteiger partial charge >= 0.3 is 6.03 Å². The summed E-state index contributed by atoms with van der Waals surface area (Å²) in [5.41, 5.74) is -0.889. The van der Waals surface area contributed by atoms with Gasteiger partial charge in [-0.3, -0.25) is 9.69 Å². The molecule has 24 heavy (non-hydrogen) atoms. The van der Waals surface area contributed by atoms with Crippen LogP contribution in [0.5, 0.6) is 0 Å². The van der Waals surface area contributed by atoms with E-state index >= 15 is 0 Å². The number of ether oxygens (including phenoxy) is 1. The van der Waals surface area contributed by atoms with Gasteiger partial charge < -0.3 is 15.2 Å². The highest BCUT2D eigenvalue weighted by Gasteiger charge is 2.50. The summed E-state index contributed by atoms with van der Waals surface area (Å²) in [7, 11) is 0. The van der Waals surface area contributed by atoms with Crippen LogP contribution in [0.1, 0.15) is 26.3 Å². The molecule has 1 aliphatic heterocycles. The topological polar surface area (TPSA) is 78.9 Å². The highest BCUT2D eigenvalue weighted by atomic mass is 79.9. The lowest BCUT2D eigenvalue weighted by atomic mass is 9.92. The third kappa shape index (κ3) is 3.76. The maximum Gasteiger partial charge on any atom is 0.325 e. The van der Waals surface area contributed by atoms with Gasteiger partial charge in [0.2, 0.25) is 0 Å². The number of urea groups is 1. The first-order valence-corrected chi connectivity index (χ1v) is 8.33. The normalized spacial score (nSPS) is 22.2. The first-order valence-electron chi connectivity index (χ1n) is 7.54. The first-order chi connectivity index (χ1) is 11.1. The number of carbonyl (C=O) groups is 2. The molecule has 8 heteroatoms. The zero-order valence-corrected chi connectivity index (χ0v) is 15.3. The molecule has 1 saturated heterocycles. The summed E-state index contributed by atoms with van der Waals surface area (Å²) in [6.45, 7) is 5.03. The lowest BCUT2D eigenvalue weighted by Gasteiger charge is -2.24. The fourth-order valence-electron chi connectivity index (χ4n) is 2.51. The van der Waals surface area contributed by atoms with Crippen LogP contribution in [0.2, 0.25) is 0 Å². The van der Waals surface area contributed by atoms with E-state index in [0.29, 0.717) is 10.0 Å². The van der Waals surface area contributed by atoms with Gasteiger partial charge in [0.1, 0.15) is 11.4 Å². The van der Waals surface area contributed by atoms with Crippen molar-refractivity contribution < 1.29 is 23.8 Å². The summed E-state index contributed by atoms with van der Waals surface area (Å²) in [6.07, 6.45) is -1.05. The number of carbonyl (C=O) groups excluding carboxylic acids is 2. The van der Waals surface area contributed by atoms with E-state index in [1.165, 1.54) is 18.2 Å². The molecule has 0 bridgehead atoms. The SMILES string of the molecule is CC(C)OCC(O)CN1C(=O)NC(C)(c2ccc(F)cc2Br)C1=O. The van der Waals surface area contributed by atoms with Gasteiger partial charge in [0.25, 0.3) is 5.91 Å². The average molecular weight is 403 g/mol. The number of nitrogens with one attached hydrogen (secondary N) is 1. The van der Waals surface area contributed by atoms with Crippen molar-refractivity contribution in [1.82, 2.24) is 10.2 Å². The maximum atomic E-state index is 13.3. The van der Waals surface area contributed by atoms with Crippen molar-refractivity contribution in [3.63, 3.8) is 0 Å². The molecule has 1 heterocycles. The molecule has 2 unspecified atom stereocenters. The van der Waals surface area contributed by atoms with E-state index in [2.05, 4.69) is 21.2 Å². The lowest BCUT2D eigenvalue weighted by molar-refractivity contribution is -0.132. The van der Waals surface area contributed by atoms with E-state index in [4.69, 9.17) is 4.74 Å². The Hall–Kier alpha value is -1.51. The number of β-amino-alcohol motifs (C(OH)–C–C–N with tert-alkyl or cyclic N) is 1. The Kier molecular flexibility index (Phi) is 5.62. The second kappa shape index (κ2) is 7.16. The van der Waals surface area contributed by atoms with Gasteiger partial charge in [-0.2, -0.15) is 0 Å². The van der Waals surface area contributed by atoms with Gasteiger partial charge in [0.15, 0.2) is 0 Å². The number of nitrogens with zero attached hydrogens (tertiary/aromatic N) is 1. The van der Waals surface area contributed by atoms with E-state index in [9.17, 15) is 19.1 Å². The monoisotopic (exact) mass is 402 g/mol. The molecule has 2 atom stereocenters. The summed E-state index contributed by atoms with van der Waals surface area (Å²) in [5.74, 6) is -0.965. The molecule has 1 fully saturated rings. The molecule has 2 rings (SSSR count). The molecular weight excluding hydrogens is 383 g/mol. The van der Waals surface area contributed by atoms with Crippen LogP contribution in [0.4, 0.5) is 9.18 Å². The second-order valence-corrected chi connectivity index (χ2v) is 6.99. The fourth-order valence-corrected chi connectivity index (χ4v) is 3.25. The van der Waals surface area contributed by atoms with E-state index in [0.717, 1.165) is 4.90 Å². The number of halogens is 2. The van der Waals surface area contributed by atoms with Gasteiger partial charge in [-0.25, -0.2) is 9.18 Å². The summed E-state index contributed by atoms with van der Waals surface area (Å²) in [4.78, 5) is 25.9. The number of aliphatic hydroxyl groups excluding tert-OH is 1. The van der Waals surface area contributed by atoms with Crippen LogP contribution in [-0.4, -0.2) is 47.3 Å². The highest BCUT2D eigenvalue weighted by molar-refractivity contribution is 9.10. The Morgan fingerprint density at radius 1 is 1.42 bits per heavy atom. The van der Waals surface area contributed by atoms with Crippen molar-refractivity contribution in [1.29, 1.82) is 0 Å². The van der Waals surface area contributed by atoms with Crippen LogP contribution < -0.4 is 5.32 Å². The molecule has 132 valence electrons. The minimum atomic E-state index is -1.33. The molecule has 0 spiro atoms. The van der Waals surface area contributed by atoms with Crippen LogP contribution in [-0.2, 0) is 15.1 Å². The van der Waals surface area contributed by atoms with Gasteiger partial charge in [-0.05, 0) is 32.9 Å². The van der Waals surface area contributed by atoms with Crippen LogP contribution in [0.3, 0.4) is 0 Å². The van der Waals surface area contributed by atoms with Crippen molar-refractivity contribution in [2.75, 3.05) is 13.2 Å². The molecule has 0 aliphatic carbocycles. The fraction of sp³-hybridized carbons (Fsp3) is 0.500. The smallest absolute Gasteiger partial charge is 0.325 e. The van der Waals surface area contributed by atoms with E-state index in [1.54, 1.807) is 6.92 Å². The second-order valence-electron chi connectivity index (χ2n) is 6.13. The molecule has 6 nitrogen and oxygen atoms in total. The standard InChI is InChI=1S/C16H20BrFN2O4/c1-9(2)24-8-11(21)7-20-14(22)16(3,19-15(20)23)12-5-4-10(18)6-13(12)17/h4-6,9,11,21H,7-8H2,1-3H3,(H,19,23). The molecule has 1 aromatic carbocycles.